The summed E-state index contributed by atoms with van der Waals surface area (Å²) in [6.07, 6.45) is 19.2. The Morgan fingerprint density at radius 1 is 0.745 bits per heavy atom. The summed E-state index contributed by atoms with van der Waals surface area (Å²) in [5, 5.41) is 32.2. The number of hydrogen-bond donors (Lipinski definition) is 0. The van der Waals surface area contributed by atoms with Crippen LogP contribution in [0.15, 0.2) is 120 Å². The number of rotatable bonds is 3. The molecule has 3 atom stereocenters. The first-order valence-electron chi connectivity index (χ1n) is 17.6. The van der Waals surface area contributed by atoms with Crippen molar-refractivity contribution in [2.75, 3.05) is 4.90 Å². The molecule has 0 bridgehead atoms. The van der Waals surface area contributed by atoms with Gasteiger partial charge in [-0.1, -0.05) is 66.8 Å². The third kappa shape index (κ3) is 4.60. The molecule has 5 aliphatic rings. The molecule has 242 valence electrons. The highest BCUT2D eigenvalue weighted by molar-refractivity contribution is 7.29. The summed E-state index contributed by atoms with van der Waals surface area (Å²) in [5.41, 5.74) is 12.4. The van der Waals surface area contributed by atoms with Crippen molar-refractivity contribution in [1.29, 1.82) is 15.8 Å². The molecule has 5 aromatic rings. The van der Waals surface area contributed by atoms with Gasteiger partial charge in [-0.2, -0.15) is 15.8 Å². The van der Waals surface area contributed by atoms with E-state index in [0.29, 0.717) is 5.57 Å². The number of fused-ring (bicyclic) bond motifs is 10. The Hall–Kier alpha value is -5.71. The Morgan fingerprint density at radius 2 is 1.49 bits per heavy atom. The Labute approximate surface area is 304 Å². The smallest absolute Gasteiger partial charge is 0.0988 e. The largest absolute Gasteiger partial charge is 0.332 e. The molecule has 2 aromatic heterocycles. The first-order valence-corrected chi connectivity index (χ1v) is 19.2. The molecule has 1 aliphatic heterocycles. The molecule has 10 rings (SSSR count). The van der Waals surface area contributed by atoms with Gasteiger partial charge >= 0.3 is 0 Å². The van der Waals surface area contributed by atoms with E-state index < -0.39 is 0 Å². The minimum absolute atomic E-state index is 0.00350. The second kappa shape index (κ2) is 11.7. The molecule has 0 fully saturated rings. The average Bonchev–Trinajstić information content (AvgIpc) is 3.86. The molecule has 0 saturated heterocycles. The minimum atomic E-state index is -0.0295. The molecule has 4 aliphatic carbocycles. The second-order valence-corrected chi connectivity index (χ2v) is 16.0. The van der Waals surface area contributed by atoms with Crippen LogP contribution in [0.5, 0.6) is 0 Å². The van der Waals surface area contributed by atoms with Crippen LogP contribution in [-0.4, -0.2) is 6.04 Å². The lowest BCUT2D eigenvalue weighted by Gasteiger charge is -2.34. The van der Waals surface area contributed by atoms with E-state index in [1.165, 1.54) is 57.8 Å². The lowest BCUT2D eigenvalue weighted by Crippen LogP contribution is -2.34. The topological polar surface area (TPSA) is 74.6 Å². The number of para-hydroxylation sites is 1. The van der Waals surface area contributed by atoms with Crippen LogP contribution in [0, 0.1) is 39.9 Å². The number of thiophene rings is 2. The predicted molar refractivity (Wildman–Crippen MR) is 209 cm³/mol. The van der Waals surface area contributed by atoms with Gasteiger partial charge in [0.1, 0.15) is 0 Å². The monoisotopic (exact) mass is 690 g/mol. The normalized spacial score (nSPS) is 21.5. The van der Waals surface area contributed by atoms with Gasteiger partial charge < -0.3 is 4.90 Å². The molecule has 0 radical (unpaired) electrons. The maximum Gasteiger partial charge on any atom is 0.0988 e. The summed E-state index contributed by atoms with van der Waals surface area (Å²) in [4.78, 5) is 5.17. The van der Waals surface area contributed by atoms with E-state index in [-0.39, 0.29) is 17.9 Å². The summed E-state index contributed by atoms with van der Waals surface area (Å²) >= 11 is 3.82. The van der Waals surface area contributed by atoms with Gasteiger partial charge in [-0.15, -0.1) is 22.7 Å². The molecule has 51 heavy (non-hydrogen) atoms. The second-order valence-electron chi connectivity index (χ2n) is 13.9. The summed E-state index contributed by atoms with van der Waals surface area (Å²) < 4.78 is 2.63. The van der Waals surface area contributed by atoms with Gasteiger partial charge in [0, 0.05) is 41.9 Å². The number of benzene rings is 3. The highest BCUT2D eigenvalue weighted by Gasteiger charge is 2.41. The van der Waals surface area contributed by atoms with Gasteiger partial charge in [0.2, 0.25) is 0 Å². The first kappa shape index (κ1) is 30.1. The van der Waals surface area contributed by atoms with Gasteiger partial charge in [0.25, 0.3) is 0 Å². The number of aryl methyl sites for hydroxylation is 2. The van der Waals surface area contributed by atoms with E-state index in [2.05, 4.69) is 114 Å². The molecule has 0 amide bonds. The number of hydrogen-bond acceptors (Lipinski definition) is 6. The van der Waals surface area contributed by atoms with E-state index in [9.17, 15) is 15.8 Å². The van der Waals surface area contributed by atoms with Crippen LogP contribution in [0.25, 0.3) is 41.1 Å². The van der Waals surface area contributed by atoms with E-state index >= 15 is 0 Å². The van der Waals surface area contributed by atoms with Crippen LogP contribution in [-0.2, 0) is 12.8 Å². The van der Waals surface area contributed by atoms with Crippen LogP contribution in [0.3, 0.4) is 0 Å². The Bertz CT molecular complexity index is 2690. The number of nitriles is 3. The Balaban J connectivity index is 1.05. The van der Waals surface area contributed by atoms with Crippen molar-refractivity contribution in [3.63, 3.8) is 0 Å². The molecular formula is C45H30N4S2. The van der Waals surface area contributed by atoms with Crippen LogP contribution in [0.4, 0.5) is 5.69 Å². The number of anilines is 1. The van der Waals surface area contributed by atoms with Gasteiger partial charge in [-0.05, 0) is 113 Å². The maximum absolute atomic E-state index is 10.5. The van der Waals surface area contributed by atoms with Gasteiger partial charge in [-0.25, -0.2) is 0 Å². The predicted octanol–water partition coefficient (Wildman–Crippen LogP) is 11.3. The molecule has 0 N–H and O–H groups in total. The van der Waals surface area contributed by atoms with Crippen molar-refractivity contribution in [3.05, 3.63) is 148 Å². The lowest BCUT2D eigenvalue weighted by atomic mass is 9.86. The van der Waals surface area contributed by atoms with Crippen LogP contribution < -0.4 is 4.90 Å². The molecule has 0 spiro atoms. The fourth-order valence-electron chi connectivity index (χ4n) is 8.75. The van der Waals surface area contributed by atoms with E-state index in [0.717, 1.165) is 60.2 Å². The summed E-state index contributed by atoms with van der Waals surface area (Å²) in [6, 6.07) is 29.6. The zero-order valence-corrected chi connectivity index (χ0v) is 29.3. The molecule has 4 nitrogen and oxygen atoms in total. The molecule has 3 unspecified atom stereocenters. The van der Waals surface area contributed by atoms with Crippen molar-refractivity contribution < 1.29 is 0 Å². The summed E-state index contributed by atoms with van der Waals surface area (Å²) in [6.45, 7) is 0. The molecule has 3 heterocycles. The zero-order chi connectivity index (χ0) is 34.2. The van der Waals surface area contributed by atoms with Crippen molar-refractivity contribution in [2.45, 2.75) is 44.1 Å². The minimum Gasteiger partial charge on any atom is -0.332 e. The molecule has 3 aromatic carbocycles. The highest BCUT2D eigenvalue weighted by atomic mass is 32.1. The Morgan fingerprint density at radius 3 is 2.20 bits per heavy atom. The zero-order valence-electron chi connectivity index (χ0n) is 27.7. The van der Waals surface area contributed by atoms with Gasteiger partial charge in [-0.3, -0.25) is 0 Å². The fourth-order valence-corrected chi connectivity index (χ4v) is 11.4. The fraction of sp³-hybridized carbons (Fsp3) is 0.178. The van der Waals surface area contributed by atoms with E-state index in [1.807, 2.05) is 34.8 Å². The molecule has 6 heteroatoms. The van der Waals surface area contributed by atoms with Gasteiger partial charge in [0.05, 0.1) is 41.4 Å². The standard InChI is InChI=1S/C45H30N4S2/c46-23-26-8-11-28(12-9-26)29-13-18-41-37(21-29)34-15-16-35-38-22-30(14-19-42(38)51-45(35)44(34)50-41)32-6-3-4-31(25-48)43(32)49-39-7-2-1-5-33(39)36-20-27(24-47)10-17-40(36)49/h1-2,5-8,10-14,17-22,26,36,40H,3-4,9,15-16H2. The summed E-state index contributed by atoms with van der Waals surface area (Å²) in [5.74, 6) is 0.0272. The third-order valence-electron chi connectivity index (χ3n) is 11.2. The number of allylic oxidation sites excluding steroid dienone is 9. The van der Waals surface area contributed by atoms with Crippen molar-refractivity contribution in [2.24, 2.45) is 5.92 Å². The first-order chi connectivity index (χ1) is 25.1. The van der Waals surface area contributed by atoms with E-state index in [1.54, 1.807) is 0 Å². The van der Waals surface area contributed by atoms with Crippen LogP contribution >= 0.6 is 22.7 Å². The van der Waals surface area contributed by atoms with Crippen molar-refractivity contribution >= 4 is 59.7 Å². The number of nitrogens with zero attached hydrogens (tertiary/aromatic N) is 4. The quantitative estimate of drug-likeness (QED) is 0.189. The van der Waals surface area contributed by atoms with Crippen molar-refractivity contribution in [1.82, 2.24) is 0 Å². The van der Waals surface area contributed by atoms with Gasteiger partial charge in [0.15, 0.2) is 0 Å². The van der Waals surface area contributed by atoms with Crippen LogP contribution in [0.1, 0.15) is 53.0 Å². The third-order valence-corrected chi connectivity index (χ3v) is 13.8. The van der Waals surface area contributed by atoms with E-state index in [4.69, 9.17) is 0 Å². The SMILES string of the molecule is N#CC1=CC2c3ccccc3N(C3=C(C#N)CCC=C3c3ccc4sc5c(c4c3)CCc3c-5sc4ccc(C5=CCC(C#N)C=C5)cc34)C2C=C1. The van der Waals surface area contributed by atoms with Crippen LogP contribution in [0.2, 0.25) is 0 Å². The summed E-state index contributed by atoms with van der Waals surface area (Å²) in [7, 11) is 0. The van der Waals surface area contributed by atoms with Crippen molar-refractivity contribution in [3.8, 4) is 28.0 Å². The lowest BCUT2D eigenvalue weighted by molar-refractivity contribution is 0.721. The molecular weight excluding hydrogens is 661 g/mol. The highest BCUT2D eigenvalue weighted by Crippen LogP contribution is 2.53. The maximum atomic E-state index is 10.5. The molecule has 0 saturated carbocycles. The Kier molecular flexibility index (Phi) is 6.90. The average molecular weight is 691 g/mol.